The fraction of sp³-hybridized carbons (Fsp3) is 0.333. The van der Waals surface area contributed by atoms with Gasteiger partial charge in [0.15, 0.2) is 0 Å². The first-order valence-electron chi connectivity index (χ1n) is 5.65. The van der Waals surface area contributed by atoms with Crippen molar-refractivity contribution >= 4 is 17.6 Å². The monoisotopic (exact) mass is 266 g/mol. The lowest BCUT2D eigenvalue weighted by Crippen LogP contribution is -2.31. The molecule has 0 aromatic heterocycles. The van der Waals surface area contributed by atoms with E-state index in [-0.39, 0.29) is 24.4 Å². The molecule has 0 bridgehead atoms. The molecule has 0 unspecified atom stereocenters. The predicted octanol–water partition coefficient (Wildman–Crippen LogP) is 1.20. The third-order valence-electron chi connectivity index (χ3n) is 2.37. The number of nitro groups is 1. The summed E-state index contributed by atoms with van der Waals surface area (Å²) in [5.74, 6) is -1.26. The average molecular weight is 266 g/mol. The lowest BCUT2D eigenvalue weighted by molar-refractivity contribution is -0.385. The highest BCUT2D eigenvalue weighted by Gasteiger charge is 2.22. The summed E-state index contributed by atoms with van der Waals surface area (Å²) in [6, 6.07) is 4.33. The summed E-state index contributed by atoms with van der Waals surface area (Å²) in [5, 5.41) is 13.2. The van der Waals surface area contributed by atoms with Gasteiger partial charge in [-0.1, -0.05) is 12.1 Å². The van der Waals surface area contributed by atoms with Gasteiger partial charge in [0.1, 0.15) is 12.1 Å². The highest BCUT2D eigenvalue weighted by atomic mass is 16.6. The zero-order chi connectivity index (χ0) is 14.4. The Bertz CT molecular complexity index is 513. The van der Waals surface area contributed by atoms with Crippen LogP contribution in [0.3, 0.4) is 0 Å². The zero-order valence-corrected chi connectivity index (χ0v) is 10.6. The number of hydrogen-bond donors (Lipinski definition) is 1. The second-order valence-corrected chi connectivity index (χ2v) is 3.71. The second kappa shape index (κ2) is 6.48. The van der Waals surface area contributed by atoms with Gasteiger partial charge in [-0.25, -0.2) is 0 Å². The van der Waals surface area contributed by atoms with Crippen molar-refractivity contribution < 1.29 is 19.2 Å². The number of nitrogens with one attached hydrogen (secondary N) is 1. The number of ether oxygens (including phenoxy) is 1. The number of rotatable bonds is 5. The molecular weight excluding hydrogens is 252 g/mol. The van der Waals surface area contributed by atoms with Crippen molar-refractivity contribution in [1.29, 1.82) is 0 Å². The van der Waals surface area contributed by atoms with Crippen molar-refractivity contribution in [3.8, 4) is 0 Å². The number of carbonyl (C=O) groups is 2. The molecule has 0 saturated heterocycles. The van der Waals surface area contributed by atoms with Crippen molar-refractivity contribution in [2.24, 2.45) is 0 Å². The lowest BCUT2D eigenvalue weighted by atomic mass is 10.1. The van der Waals surface area contributed by atoms with Crippen molar-refractivity contribution in [1.82, 2.24) is 5.32 Å². The first-order valence-corrected chi connectivity index (χ1v) is 5.65. The van der Waals surface area contributed by atoms with Crippen molar-refractivity contribution in [2.75, 3.05) is 13.2 Å². The Balaban J connectivity index is 2.88. The topological polar surface area (TPSA) is 98.5 Å². The smallest absolute Gasteiger partial charge is 0.325 e. The van der Waals surface area contributed by atoms with E-state index in [2.05, 4.69) is 10.1 Å². The summed E-state index contributed by atoms with van der Waals surface area (Å²) < 4.78 is 4.65. The first-order chi connectivity index (χ1) is 8.97. The third kappa shape index (κ3) is 3.77. The standard InChI is InChI=1S/C12H14N2O5/c1-3-19-10(15)7-13-12(16)11-8(2)5-4-6-9(11)14(17)18/h4-6H,3,7H2,1-2H3,(H,13,16). The molecule has 102 valence electrons. The van der Waals surface area contributed by atoms with Crippen LogP contribution in [-0.2, 0) is 9.53 Å². The number of carbonyl (C=O) groups excluding carboxylic acids is 2. The fourth-order valence-electron chi connectivity index (χ4n) is 1.55. The van der Waals surface area contributed by atoms with Crippen molar-refractivity contribution in [3.63, 3.8) is 0 Å². The van der Waals surface area contributed by atoms with Gasteiger partial charge in [-0.3, -0.25) is 19.7 Å². The molecular formula is C12H14N2O5. The number of amides is 1. The Labute approximate surface area is 109 Å². The number of nitro benzene ring substituents is 1. The lowest BCUT2D eigenvalue weighted by Gasteiger charge is -2.07. The van der Waals surface area contributed by atoms with Gasteiger partial charge in [-0.2, -0.15) is 0 Å². The number of nitrogens with zero attached hydrogens (tertiary/aromatic N) is 1. The number of hydrogen-bond acceptors (Lipinski definition) is 5. The van der Waals surface area contributed by atoms with Gasteiger partial charge in [-0.15, -0.1) is 0 Å². The molecule has 1 N–H and O–H groups in total. The van der Waals surface area contributed by atoms with E-state index in [1.54, 1.807) is 19.9 Å². The minimum atomic E-state index is -0.669. The van der Waals surface area contributed by atoms with Crippen LogP contribution in [0.5, 0.6) is 0 Å². The van der Waals surface area contributed by atoms with E-state index in [1.807, 2.05) is 0 Å². The highest BCUT2D eigenvalue weighted by molar-refractivity contribution is 6.00. The normalized spacial score (nSPS) is 9.79. The Morgan fingerprint density at radius 2 is 2.11 bits per heavy atom. The SMILES string of the molecule is CCOC(=O)CNC(=O)c1c(C)cccc1[N+](=O)[O-]. The van der Waals surface area contributed by atoms with Gasteiger partial charge in [0.05, 0.1) is 11.5 Å². The predicted molar refractivity (Wildman–Crippen MR) is 66.8 cm³/mol. The molecule has 7 heteroatoms. The van der Waals surface area contributed by atoms with Crippen LogP contribution in [-0.4, -0.2) is 30.0 Å². The highest BCUT2D eigenvalue weighted by Crippen LogP contribution is 2.21. The van der Waals surface area contributed by atoms with Crippen LogP contribution in [0.15, 0.2) is 18.2 Å². The van der Waals surface area contributed by atoms with E-state index in [0.29, 0.717) is 5.56 Å². The van der Waals surface area contributed by atoms with Crippen LogP contribution in [0.25, 0.3) is 0 Å². The Morgan fingerprint density at radius 1 is 1.42 bits per heavy atom. The average Bonchev–Trinajstić information content (AvgIpc) is 2.36. The summed E-state index contributed by atoms with van der Waals surface area (Å²) in [7, 11) is 0. The maximum atomic E-state index is 11.9. The van der Waals surface area contributed by atoms with Crippen LogP contribution in [0.4, 0.5) is 5.69 Å². The van der Waals surface area contributed by atoms with Crippen molar-refractivity contribution in [3.05, 3.63) is 39.4 Å². The Kier molecular flexibility index (Phi) is 4.99. The van der Waals surface area contributed by atoms with E-state index < -0.39 is 16.8 Å². The van der Waals surface area contributed by atoms with Gasteiger partial charge in [0.2, 0.25) is 0 Å². The first kappa shape index (κ1) is 14.6. The molecule has 0 radical (unpaired) electrons. The van der Waals surface area contributed by atoms with Crippen LogP contribution in [0, 0.1) is 17.0 Å². The minimum absolute atomic E-state index is 0.0446. The van der Waals surface area contributed by atoms with E-state index in [1.165, 1.54) is 12.1 Å². The number of esters is 1. The van der Waals surface area contributed by atoms with E-state index in [0.717, 1.165) is 0 Å². The van der Waals surface area contributed by atoms with Gasteiger partial charge in [0.25, 0.3) is 11.6 Å². The molecule has 0 fully saturated rings. The van der Waals surface area contributed by atoms with Gasteiger partial charge in [0, 0.05) is 6.07 Å². The summed E-state index contributed by atoms with van der Waals surface area (Å²) in [5.41, 5.74) is 0.133. The van der Waals surface area contributed by atoms with Gasteiger partial charge < -0.3 is 10.1 Å². The second-order valence-electron chi connectivity index (χ2n) is 3.71. The molecule has 1 aromatic rings. The molecule has 0 aliphatic rings. The molecule has 0 heterocycles. The molecule has 0 aliphatic heterocycles. The summed E-state index contributed by atoms with van der Waals surface area (Å²) >= 11 is 0. The van der Waals surface area contributed by atoms with Crippen LogP contribution >= 0.6 is 0 Å². The molecule has 0 atom stereocenters. The van der Waals surface area contributed by atoms with Crippen LogP contribution in [0.1, 0.15) is 22.8 Å². The largest absolute Gasteiger partial charge is 0.465 e. The molecule has 1 rings (SSSR count). The molecule has 19 heavy (non-hydrogen) atoms. The van der Waals surface area contributed by atoms with Crippen molar-refractivity contribution in [2.45, 2.75) is 13.8 Å². The summed E-state index contributed by atoms with van der Waals surface area (Å²) in [6.45, 7) is 3.12. The summed E-state index contributed by atoms with van der Waals surface area (Å²) in [6.07, 6.45) is 0. The van der Waals surface area contributed by atoms with E-state index >= 15 is 0 Å². The van der Waals surface area contributed by atoms with E-state index in [9.17, 15) is 19.7 Å². The molecule has 7 nitrogen and oxygen atoms in total. The number of benzene rings is 1. The minimum Gasteiger partial charge on any atom is -0.465 e. The molecule has 1 amide bonds. The molecule has 0 aliphatic carbocycles. The van der Waals surface area contributed by atoms with Crippen LogP contribution < -0.4 is 5.32 Å². The maximum absolute atomic E-state index is 11.9. The van der Waals surface area contributed by atoms with Gasteiger partial charge in [-0.05, 0) is 19.4 Å². The quantitative estimate of drug-likeness (QED) is 0.490. The van der Waals surface area contributed by atoms with Gasteiger partial charge >= 0.3 is 5.97 Å². The Hall–Kier alpha value is -2.44. The molecule has 1 aromatic carbocycles. The Morgan fingerprint density at radius 3 is 2.68 bits per heavy atom. The maximum Gasteiger partial charge on any atom is 0.325 e. The molecule has 0 saturated carbocycles. The van der Waals surface area contributed by atoms with Crippen LogP contribution in [0.2, 0.25) is 0 Å². The third-order valence-corrected chi connectivity index (χ3v) is 2.37. The van der Waals surface area contributed by atoms with E-state index in [4.69, 9.17) is 0 Å². The number of aryl methyl sites for hydroxylation is 1. The zero-order valence-electron chi connectivity index (χ0n) is 10.6. The fourth-order valence-corrected chi connectivity index (χ4v) is 1.55. The summed E-state index contributed by atoms with van der Waals surface area (Å²) in [4.78, 5) is 33.2. The molecule has 0 spiro atoms.